The third kappa shape index (κ3) is 41.4. The fourth-order valence-electron chi connectivity index (χ4n) is 1.13. The van der Waals surface area contributed by atoms with Gasteiger partial charge in [0.15, 0.2) is 0 Å². The molecular weight excluding hydrogens is 187 g/mol. The van der Waals surface area contributed by atoms with Gasteiger partial charge in [-0.2, -0.15) is 6.42 Å². The van der Waals surface area contributed by atoms with E-state index in [9.17, 15) is 0 Å². The molecule has 0 aromatic carbocycles. The molecule has 0 amide bonds. The molecule has 0 aromatic rings. The van der Waals surface area contributed by atoms with E-state index in [1.165, 1.54) is 44.9 Å². The van der Waals surface area contributed by atoms with E-state index in [0.717, 1.165) is 6.42 Å². The molecule has 0 aliphatic heterocycles. The van der Waals surface area contributed by atoms with E-state index in [2.05, 4.69) is 13.8 Å². The van der Waals surface area contributed by atoms with Crippen LogP contribution in [0, 0.1) is 6.92 Å². The molecular formula is C11H23LiO3. The Kier molecular flexibility index (Phi) is 26.3. The Morgan fingerprint density at radius 3 is 1.67 bits per heavy atom. The van der Waals surface area contributed by atoms with Gasteiger partial charge in [-0.25, -0.2) is 4.79 Å². The van der Waals surface area contributed by atoms with Crippen LogP contribution in [0.2, 0.25) is 0 Å². The molecule has 0 saturated heterocycles. The first kappa shape index (κ1) is 20.3. The maximum absolute atomic E-state index is 8.56. The van der Waals surface area contributed by atoms with E-state index in [4.69, 9.17) is 15.0 Å². The third-order valence-corrected chi connectivity index (χ3v) is 1.85. The van der Waals surface area contributed by atoms with Crippen molar-refractivity contribution in [3.8, 4) is 0 Å². The van der Waals surface area contributed by atoms with Crippen molar-refractivity contribution in [2.45, 2.75) is 58.3 Å². The van der Waals surface area contributed by atoms with Crippen molar-refractivity contribution >= 4 is 6.16 Å². The van der Waals surface area contributed by atoms with Gasteiger partial charge in [-0.15, -0.1) is 0 Å². The van der Waals surface area contributed by atoms with E-state index < -0.39 is 6.16 Å². The van der Waals surface area contributed by atoms with Crippen LogP contribution in [-0.4, -0.2) is 16.4 Å². The maximum Gasteiger partial charge on any atom is 1.00 e. The summed E-state index contributed by atoms with van der Waals surface area (Å²) in [6, 6.07) is 0. The summed E-state index contributed by atoms with van der Waals surface area (Å²) in [5.74, 6) is 0. The second kappa shape index (κ2) is 19.4. The molecule has 0 radical (unpaired) electrons. The molecule has 0 atom stereocenters. The predicted molar refractivity (Wildman–Crippen MR) is 58.6 cm³/mol. The van der Waals surface area contributed by atoms with Crippen LogP contribution in [0.25, 0.3) is 0 Å². The standard InChI is InChI=1S/C10H21.CH2O3.Li/c1-3-5-7-9-10-8-6-4-2;2-1(3)4;/h1,3-10H2,2H3;(H2,2,3,4);/q-1;;+1. The van der Waals surface area contributed by atoms with Crippen LogP contribution in [-0.2, 0) is 0 Å². The quantitative estimate of drug-likeness (QED) is 0.377. The van der Waals surface area contributed by atoms with Crippen LogP contribution in [0.15, 0.2) is 0 Å². The number of carboxylic acid groups (broad SMARTS) is 2. The first-order valence-corrected chi connectivity index (χ1v) is 5.36. The average molecular weight is 210 g/mol. The Morgan fingerprint density at radius 2 is 1.33 bits per heavy atom. The summed E-state index contributed by atoms with van der Waals surface area (Å²) in [4.78, 5) is 8.56. The second-order valence-corrected chi connectivity index (χ2v) is 3.26. The molecule has 4 heteroatoms. The Labute approximate surface area is 105 Å². The summed E-state index contributed by atoms with van der Waals surface area (Å²) in [5, 5.41) is 13.9. The summed E-state index contributed by atoms with van der Waals surface area (Å²) in [6.07, 6.45) is 9.09. The van der Waals surface area contributed by atoms with Crippen molar-refractivity contribution < 1.29 is 33.9 Å². The van der Waals surface area contributed by atoms with Crippen LogP contribution in [0.1, 0.15) is 58.3 Å². The van der Waals surface area contributed by atoms with Crippen LogP contribution in [0.5, 0.6) is 0 Å². The molecule has 0 fully saturated rings. The van der Waals surface area contributed by atoms with E-state index in [1.54, 1.807) is 0 Å². The van der Waals surface area contributed by atoms with Gasteiger partial charge in [-0.1, -0.05) is 51.9 Å². The zero-order chi connectivity index (χ0) is 11.2. The van der Waals surface area contributed by atoms with Crippen LogP contribution >= 0.6 is 0 Å². The molecule has 0 spiro atoms. The number of carbonyl (C=O) groups is 1. The van der Waals surface area contributed by atoms with Gasteiger partial charge in [-0.05, 0) is 0 Å². The van der Waals surface area contributed by atoms with Crippen molar-refractivity contribution in [3.05, 3.63) is 6.92 Å². The summed E-state index contributed by atoms with van der Waals surface area (Å²) in [5.41, 5.74) is 0. The first-order chi connectivity index (χ1) is 6.65. The van der Waals surface area contributed by atoms with E-state index in [0.29, 0.717) is 0 Å². The molecule has 0 rings (SSSR count). The minimum Gasteiger partial charge on any atom is -0.450 e. The molecule has 0 unspecified atom stereocenters. The smallest absolute Gasteiger partial charge is 0.450 e. The van der Waals surface area contributed by atoms with Crippen molar-refractivity contribution in [1.29, 1.82) is 0 Å². The zero-order valence-corrected chi connectivity index (χ0v) is 10.2. The maximum atomic E-state index is 8.56. The summed E-state index contributed by atoms with van der Waals surface area (Å²) in [6.45, 7) is 6.08. The topological polar surface area (TPSA) is 57.5 Å². The van der Waals surface area contributed by atoms with Gasteiger partial charge in [-0.3, -0.25) is 0 Å². The van der Waals surface area contributed by atoms with Crippen molar-refractivity contribution in [1.82, 2.24) is 0 Å². The van der Waals surface area contributed by atoms with Gasteiger partial charge in [0.25, 0.3) is 0 Å². The largest absolute Gasteiger partial charge is 1.00 e. The summed E-state index contributed by atoms with van der Waals surface area (Å²) < 4.78 is 0. The first-order valence-electron chi connectivity index (χ1n) is 5.36. The molecule has 2 N–H and O–H groups in total. The zero-order valence-electron chi connectivity index (χ0n) is 10.2. The molecule has 0 saturated carbocycles. The molecule has 0 aromatic heterocycles. The molecule has 0 heterocycles. The molecule has 3 nitrogen and oxygen atoms in total. The van der Waals surface area contributed by atoms with Crippen LogP contribution in [0.4, 0.5) is 4.79 Å². The van der Waals surface area contributed by atoms with E-state index in [-0.39, 0.29) is 18.9 Å². The number of rotatable bonds is 7. The van der Waals surface area contributed by atoms with Crippen molar-refractivity contribution in [2.75, 3.05) is 0 Å². The minimum absolute atomic E-state index is 0. The molecule has 0 aliphatic carbocycles. The predicted octanol–water partition coefficient (Wildman–Crippen LogP) is 1.19. The van der Waals surface area contributed by atoms with E-state index >= 15 is 0 Å². The second-order valence-electron chi connectivity index (χ2n) is 3.26. The number of unbranched alkanes of at least 4 members (excludes halogenated alkanes) is 7. The number of hydrogen-bond donors (Lipinski definition) is 2. The monoisotopic (exact) mass is 210 g/mol. The minimum atomic E-state index is -1.83. The molecule has 15 heavy (non-hydrogen) atoms. The Morgan fingerprint density at radius 1 is 1.00 bits per heavy atom. The van der Waals surface area contributed by atoms with E-state index in [1.807, 2.05) is 0 Å². The average Bonchev–Trinajstić information content (AvgIpc) is 2.10. The van der Waals surface area contributed by atoms with Crippen molar-refractivity contribution in [2.24, 2.45) is 0 Å². The molecule has 0 aliphatic rings. The van der Waals surface area contributed by atoms with Gasteiger partial charge >= 0.3 is 25.0 Å². The molecule has 86 valence electrons. The van der Waals surface area contributed by atoms with Gasteiger partial charge in [0, 0.05) is 0 Å². The van der Waals surface area contributed by atoms with Gasteiger partial charge in [0.05, 0.1) is 0 Å². The Bertz CT molecular complexity index is 106. The Hall–Kier alpha value is -0.133. The van der Waals surface area contributed by atoms with Gasteiger partial charge < -0.3 is 17.1 Å². The normalized spacial score (nSPS) is 8.40. The Balaban J connectivity index is -0.000000249. The number of hydrogen-bond acceptors (Lipinski definition) is 1. The third-order valence-electron chi connectivity index (χ3n) is 1.85. The van der Waals surface area contributed by atoms with Gasteiger partial charge in [0.1, 0.15) is 0 Å². The molecule has 0 bridgehead atoms. The van der Waals surface area contributed by atoms with Gasteiger partial charge in [0.2, 0.25) is 0 Å². The fraction of sp³-hybridized carbons (Fsp3) is 0.818. The fourth-order valence-corrected chi connectivity index (χ4v) is 1.13. The van der Waals surface area contributed by atoms with Crippen molar-refractivity contribution in [3.63, 3.8) is 0 Å². The summed E-state index contributed by atoms with van der Waals surface area (Å²) in [7, 11) is 0. The summed E-state index contributed by atoms with van der Waals surface area (Å²) >= 11 is 0. The van der Waals surface area contributed by atoms with Crippen LogP contribution in [0.3, 0.4) is 0 Å². The SMILES string of the molecule is O=C(O)O.[CH2-]CCCCCCCCC.[Li+]. The van der Waals surface area contributed by atoms with Crippen LogP contribution < -0.4 is 18.9 Å².